The van der Waals surface area contributed by atoms with Gasteiger partial charge >= 0.3 is 0 Å². The predicted molar refractivity (Wildman–Crippen MR) is 77.2 cm³/mol. The summed E-state index contributed by atoms with van der Waals surface area (Å²) in [5, 5.41) is 0. The Morgan fingerprint density at radius 2 is 1.60 bits per heavy atom. The smallest absolute Gasteiger partial charge is 0.201 e. The van der Waals surface area contributed by atoms with E-state index in [-0.39, 0.29) is 11.7 Å². The van der Waals surface area contributed by atoms with E-state index in [4.69, 9.17) is 0 Å². The zero-order valence-corrected chi connectivity index (χ0v) is 12.7. The van der Waals surface area contributed by atoms with Gasteiger partial charge in [-0.3, -0.25) is 4.90 Å². The minimum absolute atomic E-state index is 0.0659. The molecule has 2 rings (SSSR count). The monoisotopic (exact) mass is 283 g/mol. The van der Waals surface area contributed by atoms with Crippen molar-refractivity contribution in [2.24, 2.45) is 0 Å². The van der Waals surface area contributed by atoms with E-state index >= 15 is 0 Å². The van der Waals surface area contributed by atoms with E-state index in [0.29, 0.717) is 24.7 Å². The minimum atomic E-state index is -0.811. The molecule has 5 heteroatoms. The lowest BCUT2D eigenvalue weighted by atomic mass is 10.0. The maximum absolute atomic E-state index is 14.2. The first-order chi connectivity index (χ1) is 9.41. The quantitative estimate of drug-likeness (QED) is 0.850. The van der Waals surface area contributed by atoms with Crippen molar-refractivity contribution >= 4 is 5.82 Å². The van der Waals surface area contributed by atoms with Crippen LogP contribution in [-0.2, 0) is 0 Å². The topological polar surface area (TPSA) is 19.4 Å². The average Bonchev–Trinajstić information content (AvgIpc) is 2.41. The zero-order valence-electron chi connectivity index (χ0n) is 12.7. The minimum Gasteiger partial charge on any atom is -0.352 e. The summed E-state index contributed by atoms with van der Waals surface area (Å²) in [6.45, 7) is 11.0. The molecule has 1 fully saturated rings. The molecule has 20 heavy (non-hydrogen) atoms. The summed E-state index contributed by atoms with van der Waals surface area (Å²) in [4.78, 5) is 8.31. The highest BCUT2D eigenvalue weighted by Gasteiger charge is 2.25. The summed E-state index contributed by atoms with van der Waals surface area (Å²) in [6, 6.07) is 0.481. The summed E-state index contributed by atoms with van der Waals surface area (Å²) in [5.74, 6) is -1.48. The molecule has 0 N–H and O–H groups in total. The number of aromatic nitrogens is 1. The largest absolute Gasteiger partial charge is 0.352 e. The molecule has 1 saturated heterocycles. The van der Waals surface area contributed by atoms with Gasteiger partial charge in [-0.1, -0.05) is 13.8 Å². The van der Waals surface area contributed by atoms with Crippen molar-refractivity contribution in [1.29, 1.82) is 0 Å². The second-order valence-corrected chi connectivity index (χ2v) is 5.94. The fourth-order valence-corrected chi connectivity index (χ4v) is 2.54. The molecule has 112 valence electrons. The van der Waals surface area contributed by atoms with Crippen LogP contribution in [0.5, 0.6) is 0 Å². The number of hydrogen-bond acceptors (Lipinski definition) is 3. The van der Waals surface area contributed by atoms with Gasteiger partial charge in [0.1, 0.15) is 0 Å². The van der Waals surface area contributed by atoms with E-state index in [9.17, 15) is 8.78 Å². The van der Waals surface area contributed by atoms with Crippen LogP contribution in [-0.4, -0.2) is 42.1 Å². The second kappa shape index (κ2) is 6.04. The van der Waals surface area contributed by atoms with Crippen LogP contribution in [0.25, 0.3) is 0 Å². The van der Waals surface area contributed by atoms with E-state index in [1.807, 2.05) is 18.7 Å². The molecule has 2 heterocycles. The van der Waals surface area contributed by atoms with Crippen molar-refractivity contribution < 1.29 is 8.78 Å². The van der Waals surface area contributed by atoms with Crippen molar-refractivity contribution in [3.63, 3.8) is 0 Å². The summed E-state index contributed by atoms with van der Waals surface area (Å²) < 4.78 is 28.2. The SMILES string of the molecule is CC(C)c1cnc(N2CCN(C(C)C)CC2)c(F)c1F. The Balaban J connectivity index is 2.17. The number of hydrogen-bond donors (Lipinski definition) is 0. The van der Waals surface area contributed by atoms with Crippen molar-refractivity contribution in [2.75, 3.05) is 31.1 Å². The molecule has 1 aliphatic heterocycles. The van der Waals surface area contributed by atoms with Crippen LogP contribution in [0.4, 0.5) is 14.6 Å². The first-order valence-corrected chi connectivity index (χ1v) is 7.24. The Morgan fingerprint density at radius 3 is 2.10 bits per heavy atom. The van der Waals surface area contributed by atoms with Crippen LogP contribution in [0, 0.1) is 11.6 Å². The lowest BCUT2D eigenvalue weighted by molar-refractivity contribution is 0.208. The van der Waals surface area contributed by atoms with E-state index in [2.05, 4.69) is 23.7 Å². The average molecular weight is 283 g/mol. The molecule has 1 aromatic heterocycles. The number of rotatable bonds is 3. The van der Waals surface area contributed by atoms with Crippen LogP contribution >= 0.6 is 0 Å². The lowest BCUT2D eigenvalue weighted by Gasteiger charge is -2.37. The van der Waals surface area contributed by atoms with Gasteiger partial charge in [0.2, 0.25) is 5.82 Å². The first-order valence-electron chi connectivity index (χ1n) is 7.24. The van der Waals surface area contributed by atoms with E-state index < -0.39 is 11.6 Å². The van der Waals surface area contributed by atoms with Gasteiger partial charge in [-0.05, 0) is 19.8 Å². The van der Waals surface area contributed by atoms with Crippen LogP contribution in [0.1, 0.15) is 39.2 Å². The predicted octanol–water partition coefficient (Wildman–Crippen LogP) is 3.01. The van der Waals surface area contributed by atoms with Gasteiger partial charge in [0.05, 0.1) is 0 Å². The van der Waals surface area contributed by atoms with Gasteiger partial charge in [-0.25, -0.2) is 9.37 Å². The van der Waals surface area contributed by atoms with Gasteiger partial charge in [-0.15, -0.1) is 0 Å². The third-order valence-electron chi connectivity index (χ3n) is 3.93. The summed E-state index contributed by atoms with van der Waals surface area (Å²) in [6.07, 6.45) is 1.47. The Bertz CT molecular complexity index is 466. The molecule has 0 bridgehead atoms. The Kier molecular flexibility index (Phi) is 4.58. The zero-order chi connectivity index (χ0) is 14.9. The molecule has 0 unspecified atom stereocenters. The Labute approximate surface area is 119 Å². The maximum Gasteiger partial charge on any atom is 0.201 e. The van der Waals surface area contributed by atoms with Gasteiger partial charge in [0.25, 0.3) is 0 Å². The number of halogens is 2. The van der Waals surface area contributed by atoms with Gasteiger partial charge in [0.15, 0.2) is 11.6 Å². The number of nitrogens with zero attached hydrogens (tertiary/aromatic N) is 3. The third kappa shape index (κ3) is 2.92. The fourth-order valence-electron chi connectivity index (χ4n) is 2.54. The lowest BCUT2D eigenvalue weighted by Crippen LogP contribution is -2.49. The van der Waals surface area contributed by atoms with Crippen molar-refractivity contribution in [3.05, 3.63) is 23.4 Å². The second-order valence-electron chi connectivity index (χ2n) is 5.94. The highest BCUT2D eigenvalue weighted by Crippen LogP contribution is 2.26. The molecule has 0 amide bonds. The van der Waals surface area contributed by atoms with Crippen LogP contribution in [0.2, 0.25) is 0 Å². The third-order valence-corrected chi connectivity index (χ3v) is 3.93. The molecule has 0 aliphatic carbocycles. The molecule has 0 radical (unpaired) electrons. The first kappa shape index (κ1) is 15.2. The highest BCUT2D eigenvalue weighted by molar-refractivity contribution is 5.43. The van der Waals surface area contributed by atoms with Crippen LogP contribution in [0.3, 0.4) is 0 Å². The maximum atomic E-state index is 14.2. The highest BCUT2D eigenvalue weighted by atomic mass is 19.2. The normalized spacial score (nSPS) is 17.3. The molecule has 0 atom stereocenters. The van der Waals surface area contributed by atoms with E-state index in [0.717, 1.165) is 13.1 Å². The van der Waals surface area contributed by atoms with Crippen LogP contribution < -0.4 is 4.90 Å². The van der Waals surface area contributed by atoms with E-state index in [1.54, 1.807) is 0 Å². The molecule has 1 aromatic rings. The van der Waals surface area contributed by atoms with Gasteiger partial charge < -0.3 is 4.90 Å². The van der Waals surface area contributed by atoms with Crippen molar-refractivity contribution in [2.45, 2.75) is 39.7 Å². The van der Waals surface area contributed by atoms with Crippen molar-refractivity contribution in [1.82, 2.24) is 9.88 Å². The molecular weight excluding hydrogens is 260 g/mol. The Hall–Kier alpha value is -1.23. The molecular formula is C15H23F2N3. The molecule has 3 nitrogen and oxygen atoms in total. The Morgan fingerprint density at radius 1 is 1.00 bits per heavy atom. The van der Waals surface area contributed by atoms with Crippen LogP contribution in [0.15, 0.2) is 6.20 Å². The van der Waals surface area contributed by atoms with E-state index in [1.165, 1.54) is 6.20 Å². The number of piperazine rings is 1. The molecule has 0 saturated carbocycles. The summed E-state index contributed by atoms with van der Waals surface area (Å²) >= 11 is 0. The molecule has 0 spiro atoms. The number of anilines is 1. The fraction of sp³-hybridized carbons (Fsp3) is 0.667. The van der Waals surface area contributed by atoms with Crippen molar-refractivity contribution in [3.8, 4) is 0 Å². The summed E-state index contributed by atoms with van der Waals surface area (Å²) in [7, 11) is 0. The summed E-state index contributed by atoms with van der Waals surface area (Å²) in [5.41, 5.74) is 0.340. The standard InChI is InChI=1S/C15H23F2N3/c1-10(2)12-9-18-15(14(17)13(12)16)20-7-5-19(6-8-20)11(3)4/h9-11H,5-8H2,1-4H3. The van der Waals surface area contributed by atoms with Gasteiger partial charge in [-0.2, -0.15) is 4.39 Å². The van der Waals surface area contributed by atoms with Gasteiger partial charge in [0, 0.05) is 44.0 Å². The molecule has 0 aromatic carbocycles. The number of pyridine rings is 1. The molecule has 1 aliphatic rings.